The molecule has 3 rings (SSSR count). The van der Waals surface area contributed by atoms with Crippen molar-refractivity contribution in [3.05, 3.63) is 50.5 Å². The molecule has 1 aromatic carbocycles. The normalized spacial score (nSPS) is 17.5. The van der Waals surface area contributed by atoms with E-state index in [9.17, 15) is 4.79 Å². The number of rotatable bonds is 2. The summed E-state index contributed by atoms with van der Waals surface area (Å²) in [5.74, 6) is -0.0456. The number of primary amides is 1. The van der Waals surface area contributed by atoms with Crippen LogP contribution in [0.1, 0.15) is 49.4 Å². The average Bonchev–Trinajstić information content (AvgIpc) is 2.91. The zero-order valence-corrected chi connectivity index (χ0v) is 11.9. The lowest BCUT2D eigenvalue weighted by atomic mass is 10.0. The van der Waals surface area contributed by atoms with Crippen molar-refractivity contribution in [3.63, 3.8) is 0 Å². The summed E-state index contributed by atoms with van der Waals surface area (Å²) < 4.78 is 0. The lowest BCUT2D eigenvalue weighted by Gasteiger charge is -2.08. The molecule has 0 bridgehead atoms. The van der Waals surface area contributed by atoms with E-state index in [1.54, 1.807) is 0 Å². The van der Waals surface area contributed by atoms with Gasteiger partial charge in [0.2, 0.25) is 0 Å². The van der Waals surface area contributed by atoms with E-state index >= 15 is 0 Å². The number of hydrogen-bond donors (Lipinski definition) is 1. The fourth-order valence-corrected chi connectivity index (χ4v) is 3.87. The van der Waals surface area contributed by atoms with Gasteiger partial charge in [0.1, 0.15) is 9.88 Å². The van der Waals surface area contributed by atoms with E-state index in [1.807, 2.05) is 6.92 Å². The van der Waals surface area contributed by atoms with Gasteiger partial charge in [-0.3, -0.25) is 4.79 Å². The molecule has 2 N–H and O–H groups in total. The molecule has 1 aliphatic carbocycles. The number of benzene rings is 1. The Labute approximate surface area is 116 Å². The van der Waals surface area contributed by atoms with E-state index in [1.165, 1.54) is 28.0 Å². The topological polar surface area (TPSA) is 56.0 Å². The van der Waals surface area contributed by atoms with Crippen molar-refractivity contribution >= 4 is 17.2 Å². The molecule has 3 nitrogen and oxygen atoms in total. The molecule has 19 heavy (non-hydrogen) atoms. The number of aryl methyl sites for hydroxylation is 3. The quantitative estimate of drug-likeness (QED) is 0.913. The minimum atomic E-state index is -0.372. The van der Waals surface area contributed by atoms with E-state index in [2.05, 4.69) is 30.1 Å². The summed E-state index contributed by atoms with van der Waals surface area (Å²) in [5.41, 5.74) is 10.2. The van der Waals surface area contributed by atoms with E-state index in [0.29, 0.717) is 10.8 Å². The first-order valence-corrected chi connectivity index (χ1v) is 7.24. The standard InChI is InChI=1S/C15H16N2OS/c1-8-3-5-11-10(7-8)4-6-12(11)15-17-9(2)13(19-15)14(16)18/h3,5,7,12H,4,6H2,1-2H3,(H2,16,18)/t12-/m1/s1. The minimum absolute atomic E-state index is 0.326. The maximum Gasteiger partial charge on any atom is 0.260 e. The van der Waals surface area contributed by atoms with Crippen LogP contribution in [-0.2, 0) is 6.42 Å². The molecule has 0 saturated carbocycles. The van der Waals surface area contributed by atoms with Crippen LogP contribution in [0.15, 0.2) is 18.2 Å². The molecule has 1 aromatic heterocycles. The first kappa shape index (κ1) is 12.4. The number of fused-ring (bicyclic) bond motifs is 1. The van der Waals surface area contributed by atoms with Gasteiger partial charge in [-0.15, -0.1) is 11.3 Å². The summed E-state index contributed by atoms with van der Waals surface area (Å²) in [6.07, 6.45) is 2.16. The Balaban J connectivity index is 2.02. The summed E-state index contributed by atoms with van der Waals surface area (Å²) in [4.78, 5) is 16.5. The monoisotopic (exact) mass is 272 g/mol. The molecule has 0 spiro atoms. The van der Waals surface area contributed by atoms with Crippen molar-refractivity contribution in [2.75, 3.05) is 0 Å². The van der Waals surface area contributed by atoms with Gasteiger partial charge in [0.15, 0.2) is 0 Å². The molecule has 1 amide bonds. The number of aromatic nitrogens is 1. The molecule has 0 radical (unpaired) electrons. The van der Waals surface area contributed by atoms with Gasteiger partial charge in [-0.1, -0.05) is 23.8 Å². The van der Waals surface area contributed by atoms with Crippen LogP contribution >= 0.6 is 11.3 Å². The highest BCUT2D eigenvalue weighted by atomic mass is 32.1. The lowest BCUT2D eigenvalue weighted by molar-refractivity contribution is 0.100. The summed E-state index contributed by atoms with van der Waals surface area (Å²) in [6, 6.07) is 6.60. The van der Waals surface area contributed by atoms with Gasteiger partial charge in [-0.2, -0.15) is 0 Å². The molecule has 98 valence electrons. The molecular formula is C15H16N2OS. The maximum absolute atomic E-state index is 11.3. The first-order chi connectivity index (χ1) is 9.06. The van der Waals surface area contributed by atoms with Crippen molar-refractivity contribution < 1.29 is 4.79 Å². The fourth-order valence-electron chi connectivity index (χ4n) is 2.80. The molecule has 0 saturated heterocycles. The first-order valence-electron chi connectivity index (χ1n) is 6.43. The van der Waals surface area contributed by atoms with E-state index < -0.39 is 0 Å². The summed E-state index contributed by atoms with van der Waals surface area (Å²) >= 11 is 1.45. The molecule has 0 fully saturated rings. The van der Waals surface area contributed by atoms with E-state index in [0.717, 1.165) is 23.5 Å². The van der Waals surface area contributed by atoms with Crippen LogP contribution in [0.2, 0.25) is 0 Å². The van der Waals surface area contributed by atoms with Crippen molar-refractivity contribution in [1.29, 1.82) is 0 Å². The smallest absolute Gasteiger partial charge is 0.260 e. The Bertz CT molecular complexity index is 660. The Morgan fingerprint density at radius 1 is 1.42 bits per heavy atom. The Morgan fingerprint density at radius 2 is 2.21 bits per heavy atom. The van der Waals surface area contributed by atoms with Gasteiger partial charge in [-0.05, 0) is 37.8 Å². The van der Waals surface area contributed by atoms with Crippen LogP contribution < -0.4 is 5.73 Å². The highest BCUT2D eigenvalue weighted by Gasteiger charge is 2.27. The van der Waals surface area contributed by atoms with Crippen LogP contribution in [0.5, 0.6) is 0 Å². The van der Waals surface area contributed by atoms with Gasteiger partial charge < -0.3 is 5.73 Å². The molecule has 0 unspecified atom stereocenters. The molecule has 0 aliphatic heterocycles. The zero-order valence-electron chi connectivity index (χ0n) is 11.1. The largest absolute Gasteiger partial charge is 0.365 e. The third kappa shape index (κ3) is 2.06. The van der Waals surface area contributed by atoms with Gasteiger partial charge in [0.25, 0.3) is 5.91 Å². The Hall–Kier alpha value is -1.68. The Morgan fingerprint density at radius 3 is 2.89 bits per heavy atom. The van der Waals surface area contributed by atoms with Crippen LogP contribution in [0, 0.1) is 13.8 Å². The minimum Gasteiger partial charge on any atom is -0.365 e. The number of nitrogens with two attached hydrogens (primary N) is 1. The molecule has 2 aromatic rings. The third-order valence-electron chi connectivity index (χ3n) is 3.71. The predicted octanol–water partition coefficient (Wildman–Crippen LogP) is 2.94. The van der Waals surface area contributed by atoms with Crippen molar-refractivity contribution in [2.45, 2.75) is 32.6 Å². The number of hydrogen-bond acceptors (Lipinski definition) is 3. The average molecular weight is 272 g/mol. The van der Waals surface area contributed by atoms with Crippen molar-refractivity contribution in [3.8, 4) is 0 Å². The Kier molecular flexibility index (Phi) is 2.90. The summed E-state index contributed by atoms with van der Waals surface area (Å²) in [7, 11) is 0. The second kappa shape index (κ2) is 4.46. The number of carbonyl (C=O) groups excluding carboxylic acids is 1. The van der Waals surface area contributed by atoms with Crippen LogP contribution in [0.25, 0.3) is 0 Å². The van der Waals surface area contributed by atoms with Gasteiger partial charge >= 0.3 is 0 Å². The molecule has 4 heteroatoms. The number of thiazole rings is 1. The summed E-state index contributed by atoms with van der Waals surface area (Å²) in [5, 5.41) is 1.02. The second-order valence-corrected chi connectivity index (χ2v) is 6.16. The van der Waals surface area contributed by atoms with Crippen molar-refractivity contribution in [2.24, 2.45) is 5.73 Å². The molecule has 1 aliphatic rings. The summed E-state index contributed by atoms with van der Waals surface area (Å²) in [6.45, 7) is 3.97. The van der Waals surface area contributed by atoms with Crippen LogP contribution in [0.4, 0.5) is 0 Å². The zero-order chi connectivity index (χ0) is 13.6. The van der Waals surface area contributed by atoms with Gasteiger partial charge in [0.05, 0.1) is 5.69 Å². The number of nitrogens with zero attached hydrogens (tertiary/aromatic N) is 1. The van der Waals surface area contributed by atoms with Crippen LogP contribution in [-0.4, -0.2) is 10.9 Å². The van der Waals surface area contributed by atoms with E-state index in [4.69, 9.17) is 5.73 Å². The highest BCUT2D eigenvalue weighted by molar-refractivity contribution is 7.13. The molecule has 1 heterocycles. The van der Waals surface area contributed by atoms with E-state index in [-0.39, 0.29) is 5.91 Å². The van der Waals surface area contributed by atoms with Crippen LogP contribution in [0.3, 0.4) is 0 Å². The molecular weight excluding hydrogens is 256 g/mol. The van der Waals surface area contributed by atoms with Gasteiger partial charge in [-0.25, -0.2) is 4.98 Å². The lowest BCUT2D eigenvalue weighted by Crippen LogP contribution is -2.09. The second-order valence-electron chi connectivity index (χ2n) is 5.12. The number of amides is 1. The predicted molar refractivity (Wildman–Crippen MR) is 76.7 cm³/mol. The number of carbonyl (C=O) groups is 1. The fraction of sp³-hybridized carbons (Fsp3) is 0.333. The SMILES string of the molecule is Cc1ccc2c(c1)CC[C@H]2c1nc(C)c(C(N)=O)s1. The molecule has 1 atom stereocenters. The van der Waals surface area contributed by atoms with Crippen molar-refractivity contribution in [1.82, 2.24) is 4.98 Å². The highest BCUT2D eigenvalue weighted by Crippen LogP contribution is 2.40. The third-order valence-corrected chi connectivity index (χ3v) is 5.00. The van der Waals surface area contributed by atoms with Gasteiger partial charge in [0, 0.05) is 5.92 Å². The maximum atomic E-state index is 11.3.